The van der Waals surface area contributed by atoms with Crippen LogP contribution in [0.1, 0.15) is 69.2 Å². The standard InChI is InChI=1S/C27H25F2NO8/c1-12-23(33)21-15(10-30-12)11-37-26(21)19-8-17(13(2)31)24(34)22(25(19)35)18(9-20(32)36-3)14-5-4-6-16(7-14)38-27(28)29/h4-8,10,18,26-27,33-35H,9,11H2,1-3H3/t18-,26-/m1/s1. The number of alkyl halides is 2. The van der Waals surface area contributed by atoms with Gasteiger partial charge in [-0.15, -0.1) is 0 Å². The van der Waals surface area contributed by atoms with Crippen LogP contribution in [0.3, 0.4) is 0 Å². The Morgan fingerprint density at radius 3 is 2.55 bits per heavy atom. The molecule has 2 aromatic carbocycles. The molecule has 11 heteroatoms. The lowest BCUT2D eigenvalue weighted by atomic mass is 9.83. The number of aryl methyl sites for hydroxylation is 1. The molecule has 1 aliphatic rings. The van der Waals surface area contributed by atoms with Crippen LogP contribution in [0.25, 0.3) is 0 Å². The van der Waals surface area contributed by atoms with E-state index in [4.69, 9.17) is 9.47 Å². The molecule has 9 nitrogen and oxygen atoms in total. The van der Waals surface area contributed by atoms with Crippen LogP contribution < -0.4 is 4.74 Å². The summed E-state index contributed by atoms with van der Waals surface area (Å²) in [5, 5.41) is 33.4. The highest BCUT2D eigenvalue weighted by atomic mass is 19.3. The normalized spacial score (nSPS) is 15.3. The molecule has 38 heavy (non-hydrogen) atoms. The van der Waals surface area contributed by atoms with Crippen LogP contribution in [0.2, 0.25) is 0 Å². The average molecular weight is 529 g/mol. The molecule has 2 atom stereocenters. The summed E-state index contributed by atoms with van der Waals surface area (Å²) in [7, 11) is 1.15. The Balaban J connectivity index is 1.96. The quantitative estimate of drug-likeness (QED) is 0.282. The number of hydrogen-bond acceptors (Lipinski definition) is 9. The van der Waals surface area contributed by atoms with Gasteiger partial charge in [0.1, 0.15) is 29.1 Å². The number of rotatable bonds is 8. The number of pyridine rings is 1. The van der Waals surface area contributed by atoms with Crippen LogP contribution >= 0.6 is 0 Å². The summed E-state index contributed by atoms with van der Waals surface area (Å²) >= 11 is 0. The van der Waals surface area contributed by atoms with Gasteiger partial charge < -0.3 is 29.5 Å². The molecular formula is C27H25F2NO8. The van der Waals surface area contributed by atoms with Crippen molar-refractivity contribution in [2.75, 3.05) is 7.11 Å². The third kappa shape index (κ3) is 4.97. The van der Waals surface area contributed by atoms with Gasteiger partial charge >= 0.3 is 12.6 Å². The van der Waals surface area contributed by atoms with E-state index < -0.39 is 48.3 Å². The molecule has 2 heterocycles. The predicted molar refractivity (Wildman–Crippen MR) is 129 cm³/mol. The third-order valence-corrected chi connectivity index (χ3v) is 6.46. The van der Waals surface area contributed by atoms with E-state index in [2.05, 4.69) is 9.72 Å². The zero-order valence-electron chi connectivity index (χ0n) is 20.7. The molecule has 0 spiro atoms. The maximum absolute atomic E-state index is 12.9. The molecule has 3 N–H and O–H groups in total. The Morgan fingerprint density at radius 1 is 1.16 bits per heavy atom. The van der Waals surface area contributed by atoms with E-state index in [1.807, 2.05) is 0 Å². The van der Waals surface area contributed by atoms with Crippen LogP contribution in [0.15, 0.2) is 36.5 Å². The molecule has 0 aliphatic carbocycles. The van der Waals surface area contributed by atoms with Crippen LogP contribution in [0.5, 0.6) is 23.0 Å². The lowest BCUT2D eigenvalue weighted by Gasteiger charge is -2.25. The Labute approximate surface area is 216 Å². The smallest absolute Gasteiger partial charge is 0.387 e. The van der Waals surface area contributed by atoms with Crippen LogP contribution in [-0.2, 0) is 20.9 Å². The first-order valence-corrected chi connectivity index (χ1v) is 11.5. The largest absolute Gasteiger partial charge is 0.507 e. The minimum Gasteiger partial charge on any atom is -0.507 e. The van der Waals surface area contributed by atoms with Crippen LogP contribution in [-0.4, -0.2) is 45.8 Å². The zero-order valence-corrected chi connectivity index (χ0v) is 20.7. The molecular weight excluding hydrogens is 504 g/mol. The molecule has 0 fully saturated rings. The fourth-order valence-corrected chi connectivity index (χ4v) is 4.61. The lowest BCUT2D eigenvalue weighted by Crippen LogP contribution is -2.14. The Kier molecular flexibility index (Phi) is 7.49. The molecule has 0 bridgehead atoms. The average Bonchev–Trinajstić information content (AvgIpc) is 3.29. The molecule has 0 saturated carbocycles. The highest BCUT2D eigenvalue weighted by Gasteiger charge is 2.36. The van der Waals surface area contributed by atoms with Crippen molar-refractivity contribution in [3.05, 3.63) is 75.6 Å². The number of carbonyl (C=O) groups is 2. The number of aromatic nitrogens is 1. The summed E-state index contributed by atoms with van der Waals surface area (Å²) in [6.45, 7) is -0.246. The number of ether oxygens (including phenoxy) is 3. The number of carbonyl (C=O) groups excluding carboxylic acids is 2. The van der Waals surface area contributed by atoms with Crippen molar-refractivity contribution in [1.82, 2.24) is 4.98 Å². The number of phenolic OH excluding ortho intramolecular Hbond substituents is 2. The molecule has 0 radical (unpaired) electrons. The number of phenols is 2. The predicted octanol–water partition coefficient (Wildman–Crippen LogP) is 4.63. The first kappa shape index (κ1) is 26.8. The second-order valence-corrected chi connectivity index (χ2v) is 8.79. The SMILES string of the molecule is COC(=O)C[C@H](c1cccc(OC(F)F)c1)c1c(O)c(C(C)=O)cc([C@H]2OCc3cnc(C)c(O)c32)c1O. The monoisotopic (exact) mass is 529 g/mol. The Hall–Kier alpha value is -4.25. The van der Waals surface area contributed by atoms with E-state index in [1.54, 1.807) is 6.92 Å². The van der Waals surface area contributed by atoms with Crippen molar-refractivity contribution in [1.29, 1.82) is 0 Å². The van der Waals surface area contributed by atoms with E-state index in [9.17, 15) is 33.7 Å². The first-order chi connectivity index (χ1) is 18.0. The maximum Gasteiger partial charge on any atom is 0.387 e. The van der Waals surface area contributed by atoms with Crippen LogP contribution in [0, 0.1) is 6.92 Å². The molecule has 0 saturated heterocycles. The lowest BCUT2D eigenvalue weighted by molar-refractivity contribution is -0.140. The van der Waals surface area contributed by atoms with E-state index in [0.717, 1.165) is 7.11 Å². The molecule has 1 aliphatic heterocycles. The Morgan fingerprint density at radius 2 is 1.89 bits per heavy atom. The molecule has 0 unspecified atom stereocenters. The number of halogens is 2. The van der Waals surface area contributed by atoms with E-state index in [-0.39, 0.29) is 40.4 Å². The van der Waals surface area contributed by atoms with Gasteiger partial charge in [0.05, 0.1) is 31.4 Å². The summed E-state index contributed by atoms with van der Waals surface area (Å²) in [5.74, 6) is -3.89. The van der Waals surface area contributed by atoms with Gasteiger partial charge in [0, 0.05) is 34.4 Å². The number of fused-ring (bicyclic) bond motifs is 1. The molecule has 1 aromatic heterocycles. The van der Waals surface area contributed by atoms with Crippen molar-refractivity contribution in [2.24, 2.45) is 0 Å². The first-order valence-electron chi connectivity index (χ1n) is 11.5. The van der Waals surface area contributed by atoms with Crippen LogP contribution in [0.4, 0.5) is 8.78 Å². The number of hydrogen-bond donors (Lipinski definition) is 3. The van der Waals surface area contributed by atoms with Gasteiger partial charge in [-0.3, -0.25) is 14.6 Å². The van der Waals surface area contributed by atoms with E-state index in [0.29, 0.717) is 16.8 Å². The van der Waals surface area contributed by atoms with Gasteiger partial charge in [0.25, 0.3) is 0 Å². The third-order valence-electron chi connectivity index (χ3n) is 6.46. The highest BCUT2D eigenvalue weighted by Crippen LogP contribution is 2.50. The van der Waals surface area contributed by atoms with Crippen molar-refractivity contribution in [3.8, 4) is 23.0 Å². The number of nitrogens with zero attached hydrogens (tertiary/aromatic N) is 1. The maximum atomic E-state index is 12.9. The minimum absolute atomic E-state index is 0.0532. The molecule has 4 rings (SSSR count). The fourth-order valence-electron chi connectivity index (χ4n) is 4.61. The second-order valence-electron chi connectivity index (χ2n) is 8.79. The minimum atomic E-state index is -3.11. The summed E-state index contributed by atoms with van der Waals surface area (Å²) in [4.78, 5) is 29.0. The fraction of sp³-hybridized carbons (Fsp3) is 0.296. The second kappa shape index (κ2) is 10.6. The summed E-state index contributed by atoms with van der Waals surface area (Å²) in [5.41, 5.74) is 1.12. The van der Waals surface area contributed by atoms with Gasteiger partial charge in [0.15, 0.2) is 5.78 Å². The number of Topliss-reactive ketones (excluding diaryl/α,β-unsaturated/α-hetero) is 1. The number of ketones is 1. The summed E-state index contributed by atoms with van der Waals surface area (Å²) in [6, 6.07) is 6.68. The molecule has 0 amide bonds. The van der Waals surface area contributed by atoms with Gasteiger partial charge in [-0.2, -0.15) is 8.78 Å². The number of esters is 1. The van der Waals surface area contributed by atoms with Gasteiger partial charge in [-0.25, -0.2) is 0 Å². The number of aromatic hydroxyl groups is 3. The van der Waals surface area contributed by atoms with Crippen molar-refractivity contribution in [2.45, 2.75) is 45.5 Å². The topological polar surface area (TPSA) is 135 Å². The molecule has 3 aromatic rings. The van der Waals surface area contributed by atoms with E-state index >= 15 is 0 Å². The molecule has 200 valence electrons. The number of methoxy groups -OCH3 is 1. The Bertz CT molecular complexity index is 1410. The van der Waals surface area contributed by atoms with Crippen molar-refractivity contribution < 1.29 is 47.9 Å². The van der Waals surface area contributed by atoms with Gasteiger partial charge in [-0.05, 0) is 37.6 Å². The van der Waals surface area contributed by atoms with Crippen molar-refractivity contribution in [3.63, 3.8) is 0 Å². The van der Waals surface area contributed by atoms with Gasteiger partial charge in [0.2, 0.25) is 0 Å². The summed E-state index contributed by atoms with van der Waals surface area (Å²) in [6.07, 6.45) is 0.0762. The van der Waals surface area contributed by atoms with Gasteiger partial charge in [-0.1, -0.05) is 12.1 Å². The zero-order chi connectivity index (χ0) is 27.7. The highest BCUT2D eigenvalue weighted by molar-refractivity contribution is 5.98. The summed E-state index contributed by atoms with van der Waals surface area (Å²) < 4.78 is 40.9. The van der Waals surface area contributed by atoms with Crippen molar-refractivity contribution >= 4 is 11.8 Å². The number of benzene rings is 2. The van der Waals surface area contributed by atoms with E-state index in [1.165, 1.54) is 43.5 Å².